The molecule has 0 spiro atoms. The minimum Gasteiger partial charge on any atom is -0.466 e. The van der Waals surface area contributed by atoms with Gasteiger partial charge in [-0.15, -0.1) is 0 Å². The molecule has 1 fully saturated rings. The van der Waals surface area contributed by atoms with Gasteiger partial charge in [0.25, 0.3) is 10.1 Å². The van der Waals surface area contributed by atoms with Crippen molar-refractivity contribution in [3.05, 3.63) is 42.5 Å². The summed E-state index contributed by atoms with van der Waals surface area (Å²) in [4.78, 5) is 13.0. The van der Waals surface area contributed by atoms with E-state index in [1.165, 1.54) is 0 Å². The van der Waals surface area contributed by atoms with Crippen molar-refractivity contribution in [2.45, 2.75) is 50.0 Å². The fourth-order valence-corrected chi connectivity index (χ4v) is 6.72. The van der Waals surface area contributed by atoms with Gasteiger partial charge in [0.05, 0.1) is 35.5 Å². The second-order valence-corrected chi connectivity index (χ2v) is 12.0. The zero-order chi connectivity index (χ0) is 23.4. The number of hydrogen-bond acceptors (Lipinski definition) is 7. The molecule has 2 aromatic rings. The quantitative estimate of drug-likeness (QED) is 0.321. The summed E-state index contributed by atoms with van der Waals surface area (Å²) < 4.78 is 60.3. The van der Waals surface area contributed by atoms with E-state index in [0.717, 1.165) is 29.9 Å². The van der Waals surface area contributed by atoms with E-state index >= 15 is 0 Å². The molecule has 176 valence electrons. The Morgan fingerprint density at radius 2 is 1.72 bits per heavy atom. The van der Waals surface area contributed by atoms with Crippen molar-refractivity contribution in [2.75, 3.05) is 18.6 Å². The van der Waals surface area contributed by atoms with Gasteiger partial charge in [0.2, 0.25) is 0 Å². The number of ether oxygens (including phenoxy) is 1. The van der Waals surface area contributed by atoms with E-state index in [1.54, 1.807) is 25.1 Å². The zero-order valence-electron chi connectivity index (χ0n) is 18.4. The van der Waals surface area contributed by atoms with Crippen LogP contribution in [0, 0.1) is 11.8 Å². The SMILES string of the molecule is CCOC(=O)[C@H](CS(=O)(=O)c1ccc2ccccc2c1)C1CCCCC(OS(C)(=O)=O)C1. The monoisotopic (exact) mass is 482 g/mol. The summed E-state index contributed by atoms with van der Waals surface area (Å²) >= 11 is 0. The fraction of sp³-hybridized carbons (Fsp3) is 0.522. The minimum absolute atomic E-state index is 0.140. The molecular weight excluding hydrogens is 452 g/mol. The number of benzene rings is 2. The molecule has 2 aromatic carbocycles. The molecule has 0 aliphatic heterocycles. The van der Waals surface area contributed by atoms with Crippen LogP contribution in [0.4, 0.5) is 0 Å². The minimum atomic E-state index is -3.79. The maximum absolute atomic E-state index is 13.3. The average molecular weight is 483 g/mol. The van der Waals surface area contributed by atoms with Gasteiger partial charge in [0.1, 0.15) is 0 Å². The highest BCUT2D eigenvalue weighted by Crippen LogP contribution is 2.34. The first-order valence-corrected chi connectivity index (χ1v) is 14.3. The lowest BCUT2D eigenvalue weighted by Gasteiger charge is -2.26. The van der Waals surface area contributed by atoms with Crippen LogP contribution < -0.4 is 0 Å². The fourth-order valence-electron chi connectivity index (χ4n) is 4.39. The molecule has 32 heavy (non-hydrogen) atoms. The summed E-state index contributed by atoms with van der Waals surface area (Å²) in [7, 11) is -7.44. The van der Waals surface area contributed by atoms with Crippen molar-refractivity contribution < 1.29 is 30.6 Å². The Balaban J connectivity index is 1.89. The lowest BCUT2D eigenvalue weighted by atomic mass is 9.86. The first-order valence-electron chi connectivity index (χ1n) is 10.9. The Morgan fingerprint density at radius 3 is 2.41 bits per heavy atom. The first kappa shape index (κ1) is 24.7. The standard InChI is InChI=1S/C23H30O7S2/c1-3-29-23(24)22(19-10-6-7-11-20(14-19)30-31(2,25)26)16-32(27,28)21-13-12-17-8-4-5-9-18(17)15-21/h4-5,8-9,12-13,15,19-20,22H,3,6-7,10-11,14,16H2,1-2H3/t19?,20?,22-/m1/s1. The topological polar surface area (TPSA) is 104 Å². The van der Waals surface area contributed by atoms with Crippen LogP contribution in [0.5, 0.6) is 0 Å². The van der Waals surface area contributed by atoms with Gasteiger partial charge in [-0.25, -0.2) is 8.42 Å². The van der Waals surface area contributed by atoms with Crippen molar-refractivity contribution in [1.29, 1.82) is 0 Å². The van der Waals surface area contributed by atoms with E-state index in [0.29, 0.717) is 19.3 Å². The average Bonchev–Trinajstić information content (AvgIpc) is 2.95. The number of hydrogen-bond donors (Lipinski definition) is 0. The molecule has 0 bridgehead atoms. The van der Waals surface area contributed by atoms with E-state index in [1.807, 2.05) is 24.3 Å². The molecule has 0 N–H and O–H groups in total. The number of fused-ring (bicyclic) bond motifs is 1. The maximum Gasteiger partial charge on any atom is 0.310 e. The molecule has 1 aliphatic carbocycles. The Bertz CT molecular complexity index is 1160. The van der Waals surface area contributed by atoms with Crippen LogP contribution in [0.1, 0.15) is 39.0 Å². The first-order chi connectivity index (χ1) is 15.1. The Labute approximate surface area is 190 Å². The molecule has 0 amide bonds. The van der Waals surface area contributed by atoms with Crippen molar-refractivity contribution in [3.8, 4) is 0 Å². The lowest BCUT2D eigenvalue weighted by Crippen LogP contribution is -2.34. The molecule has 0 saturated heterocycles. The van der Waals surface area contributed by atoms with E-state index in [9.17, 15) is 21.6 Å². The molecule has 0 radical (unpaired) electrons. The predicted molar refractivity (Wildman–Crippen MR) is 122 cm³/mol. The molecule has 7 nitrogen and oxygen atoms in total. The summed E-state index contributed by atoms with van der Waals surface area (Å²) in [6, 6.07) is 12.4. The second kappa shape index (κ2) is 10.3. The molecule has 0 heterocycles. The smallest absolute Gasteiger partial charge is 0.310 e. The highest BCUT2D eigenvalue weighted by Gasteiger charge is 2.37. The third-order valence-electron chi connectivity index (χ3n) is 5.86. The van der Waals surface area contributed by atoms with Gasteiger partial charge in [-0.1, -0.05) is 43.2 Å². The molecule has 0 aromatic heterocycles. The van der Waals surface area contributed by atoms with Gasteiger partial charge >= 0.3 is 5.97 Å². The Kier molecular flexibility index (Phi) is 7.95. The maximum atomic E-state index is 13.3. The molecule has 3 rings (SSSR count). The molecule has 1 aliphatic rings. The van der Waals surface area contributed by atoms with Crippen LogP contribution in [0.25, 0.3) is 10.8 Å². The predicted octanol–water partition coefficient (Wildman–Crippen LogP) is 3.72. The summed E-state index contributed by atoms with van der Waals surface area (Å²) in [6.07, 6.45) is 3.41. The lowest BCUT2D eigenvalue weighted by molar-refractivity contribution is -0.149. The van der Waals surface area contributed by atoms with Crippen LogP contribution in [0.3, 0.4) is 0 Å². The molecule has 3 atom stereocenters. The van der Waals surface area contributed by atoms with Crippen LogP contribution in [0.2, 0.25) is 0 Å². The van der Waals surface area contributed by atoms with Crippen LogP contribution in [-0.4, -0.2) is 47.5 Å². The number of carbonyl (C=O) groups excluding carboxylic acids is 1. The number of carbonyl (C=O) groups is 1. The normalized spacial score (nSPS) is 21.1. The third-order valence-corrected chi connectivity index (χ3v) is 8.26. The van der Waals surface area contributed by atoms with Crippen molar-refractivity contribution in [3.63, 3.8) is 0 Å². The van der Waals surface area contributed by atoms with Crippen LogP contribution in [-0.2, 0) is 33.7 Å². The summed E-state index contributed by atoms with van der Waals surface area (Å²) in [5, 5.41) is 1.73. The largest absolute Gasteiger partial charge is 0.466 e. The van der Waals surface area contributed by atoms with Gasteiger partial charge in [0.15, 0.2) is 9.84 Å². The highest BCUT2D eigenvalue weighted by molar-refractivity contribution is 7.91. The van der Waals surface area contributed by atoms with Crippen molar-refractivity contribution in [1.82, 2.24) is 0 Å². The molecular formula is C23H30O7S2. The van der Waals surface area contributed by atoms with Gasteiger partial charge in [-0.2, -0.15) is 8.42 Å². The highest BCUT2D eigenvalue weighted by atomic mass is 32.2. The van der Waals surface area contributed by atoms with Crippen molar-refractivity contribution in [2.24, 2.45) is 11.8 Å². The van der Waals surface area contributed by atoms with Gasteiger partial charge in [-0.05, 0) is 55.0 Å². The van der Waals surface area contributed by atoms with Gasteiger partial charge < -0.3 is 4.74 Å². The molecule has 1 saturated carbocycles. The number of rotatable bonds is 8. The molecule has 2 unspecified atom stereocenters. The summed E-state index contributed by atoms with van der Waals surface area (Å²) in [6.45, 7) is 1.82. The van der Waals surface area contributed by atoms with E-state index < -0.39 is 37.9 Å². The number of sulfone groups is 1. The van der Waals surface area contributed by atoms with E-state index in [4.69, 9.17) is 8.92 Å². The van der Waals surface area contributed by atoms with Gasteiger partial charge in [-0.3, -0.25) is 8.98 Å². The van der Waals surface area contributed by atoms with Crippen LogP contribution >= 0.6 is 0 Å². The van der Waals surface area contributed by atoms with Crippen LogP contribution in [0.15, 0.2) is 47.4 Å². The molecule has 9 heteroatoms. The summed E-state index contributed by atoms with van der Waals surface area (Å²) in [5.41, 5.74) is 0. The van der Waals surface area contributed by atoms with Crippen molar-refractivity contribution >= 4 is 36.7 Å². The zero-order valence-corrected chi connectivity index (χ0v) is 20.0. The summed E-state index contributed by atoms with van der Waals surface area (Å²) in [5.74, 6) is -2.20. The van der Waals surface area contributed by atoms with E-state index in [-0.39, 0.29) is 23.2 Å². The third kappa shape index (κ3) is 6.52. The second-order valence-electron chi connectivity index (χ2n) is 8.35. The number of esters is 1. The Morgan fingerprint density at radius 1 is 1.03 bits per heavy atom. The Hall–Kier alpha value is -1.97. The van der Waals surface area contributed by atoms with E-state index in [2.05, 4.69) is 0 Å². The van der Waals surface area contributed by atoms with Gasteiger partial charge in [0, 0.05) is 0 Å².